The zero-order valence-electron chi connectivity index (χ0n) is 18.3. The first-order valence-corrected chi connectivity index (χ1v) is 10.6. The van der Waals surface area contributed by atoms with Crippen LogP contribution in [0.2, 0.25) is 0 Å². The molecule has 8 nitrogen and oxygen atoms in total. The standard InChI is InChI=1S/C24H31N3O5/c1-3-15(2)21(27-22(29)19(25)13-16-7-5-4-6-8-16)23(30)26-20(24(31)32)14-17-9-11-18(28)12-10-17/h4-12,15,19-21,28H,3,13-14,25H2,1-2H3,(H,26,30)(H,27,29)(H,31,32). The molecule has 6 N–H and O–H groups in total. The predicted molar refractivity (Wildman–Crippen MR) is 121 cm³/mol. The number of amides is 2. The van der Waals surface area contributed by atoms with Crippen LogP contribution in [0, 0.1) is 5.92 Å². The highest BCUT2D eigenvalue weighted by Gasteiger charge is 2.31. The number of nitrogens with two attached hydrogens (primary N) is 1. The number of rotatable bonds is 11. The first-order chi connectivity index (χ1) is 15.2. The lowest BCUT2D eigenvalue weighted by atomic mass is 9.96. The van der Waals surface area contributed by atoms with Gasteiger partial charge in [-0.2, -0.15) is 0 Å². The number of aliphatic carboxylic acids is 1. The third-order valence-corrected chi connectivity index (χ3v) is 5.42. The van der Waals surface area contributed by atoms with Crippen molar-refractivity contribution in [2.75, 3.05) is 0 Å². The zero-order chi connectivity index (χ0) is 23.7. The minimum Gasteiger partial charge on any atom is -0.508 e. The smallest absolute Gasteiger partial charge is 0.326 e. The highest BCUT2D eigenvalue weighted by atomic mass is 16.4. The molecule has 2 amide bonds. The van der Waals surface area contributed by atoms with Crippen molar-refractivity contribution in [1.29, 1.82) is 0 Å². The average molecular weight is 442 g/mol. The van der Waals surface area contributed by atoms with Gasteiger partial charge in [-0.15, -0.1) is 0 Å². The van der Waals surface area contributed by atoms with Crippen molar-refractivity contribution in [3.05, 3.63) is 65.7 Å². The third kappa shape index (κ3) is 7.39. The van der Waals surface area contributed by atoms with Crippen molar-refractivity contribution in [2.24, 2.45) is 11.7 Å². The second-order valence-electron chi connectivity index (χ2n) is 7.94. The van der Waals surface area contributed by atoms with Crippen molar-refractivity contribution >= 4 is 17.8 Å². The van der Waals surface area contributed by atoms with Gasteiger partial charge >= 0.3 is 5.97 Å². The molecule has 0 spiro atoms. The summed E-state index contributed by atoms with van der Waals surface area (Å²) in [6.07, 6.45) is 0.957. The van der Waals surface area contributed by atoms with Gasteiger partial charge in [-0.05, 0) is 35.6 Å². The summed E-state index contributed by atoms with van der Waals surface area (Å²) in [6.45, 7) is 3.69. The van der Waals surface area contributed by atoms with Crippen LogP contribution in [0.25, 0.3) is 0 Å². The van der Waals surface area contributed by atoms with Crippen LogP contribution in [0.4, 0.5) is 0 Å². The van der Waals surface area contributed by atoms with E-state index in [1.54, 1.807) is 12.1 Å². The second-order valence-corrected chi connectivity index (χ2v) is 7.94. The first kappa shape index (κ1) is 24.9. The quantitative estimate of drug-likeness (QED) is 0.359. The Morgan fingerprint density at radius 1 is 0.906 bits per heavy atom. The molecule has 4 atom stereocenters. The molecule has 8 heteroatoms. The summed E-state index contributed by atoms with van der Waals surface area (Å²) >= 11 is 0. The molecule has 0 fully saturated rings. The van der Waals surface area contributed by atoms with Crippen molar-refractivity contribution in [1.82, 2.24) is 10.6 Å². The molecule has 172 valence electrons. The molecular weight excluding hydrogens is 410 g/mol. The van der Waals surface area contributed by atoms with Crippen LogP contribution in [-0.2, 0) is 27.2 Å². The minimum atomic E-state index is -1.19. The van der Waals surface area contributed by atoms with Crippen molar-refractivity contribution in [2.45, 2.75) is 51.2 Å². The van der Waals surface area contributed by atoms with Gasteiger partial charge in [0.2, 0.25) is 11.8 Å². The van der Waals surface area contributed by atoms with Gasteiger partial charge in [0.25, 0.3) is 0 Å². The first-order valence-electron chi connectivity index (χ1n) is 10.6. The van der Waals surface area contributed by atoms with Crippen LogP contribution in [0.1, 0.15) is 31.4 Å². The number of hydrogen-bond donors (Lipinski definition) is 5. The molecule has 2 rings (SSSR count). The fourth-order valence-corrected chi connectivity index (χ4v) is 3.25. The largest absolute Gasteiger partial charge is 0.508 e. The third-order valence-electron chi connectivity index (χ3n) is 5.42. The summed E-state index contributed by atoms with van der Waals surface area (Å²) in [7, 11) is 0. The number of carbonyl (C=O) groups excluding carboxylic acids is 2. The van der Waals surface area contributed by atoms with E-state index in [4.69, 9.17) is 5.73 Å². The van der Waals surface area contributed by atoms with Crippen LogP contribution in [0.15, 0.2) is 54.6 Å². The molecule has 0 aliphatic carbocycles. The molecule has 0 aliphatic heterocycles. The van der Waals surface area contributed by atoms with E-state index in [1.165, 1.54) is 12.1 Å². The maximum atomic E-state index is 12.9. The fourth-order valence-electron chi connectivity index (χ4n) is 3.25. The molecule has 4 unspecified atom stereocenters. The van der Waals surface area contributed by atoms with Crippen molar-refractivity contribution in [3.8, 4) is 5.75 Å². The summed E-state index contributed by atoms with van der Waals surface area (Å²) in [5.74, 6) is -2.41. The van der Waals surface area contributed by atoms with Crippen LogP contribution in [0.3, 0.4) is 0 Å². The summed E-state index contributed by atoms with van der Waals surface area (Å²) in [5.41, 5.74) is 7.59. The van der Waals surface area contributed by atoms with Crippen LogP contribution >= 0.6 is 0 Å². The highest BCUT2D eigenvalue weighted by molar-refractivity contribution is 5.92. The van der Waals surface area contributed by atoms with E-state index >= 15 is 0 Å². The van der Waals surface area contributed by atoms with E-state index in [0.717, 1.165) is 5.56 Å². The Kier molecular flexibility index (Phi) is 9.22. The Hall–Kier alpha value is -3.39. The molecular formula is C24H31N3O5. The molecule has 0 heterocycles. The van der Waals surface area contributed by atoms with Gasteiger partial charge in [-0.1, -0.05) is 62.7 Å². The number of nitrogens with one attached hydrogen (secondary N) is 2. The number of hydrogen-bond acceptors (Lipinski definition) is 5. The molecule has 0 saturated heterocycles. The van der Waals surface area contributed by atoms with Gasteiger partial charge in [0.05, 0.1) is 6.04 Å². The summed E-state index contributed by atoms with van der Waals surface area (Å²) < 4.78 is 0. The number of carbonyl (C=O) groups is 3. The van der Waals surface area contributed by atoms with E-state index < -0.39 is 35.9 Å². The van der Waals surface area contributed by atoms with Gasteiger partial charge in [0.1, 0.15) is 17.8 Å². The maximum Gasteiger partial charge on any atom is 0.326 e. The van der Waals surface area contributed by atoms with Crippen molar-refractivity contribution in [3.63, 3.8) is 0 Å². The van der Waals surface area contributed by atoms with Gasteiger partial charge in [0, 0.05) is 6.42 Å². The number of phenols is 1. The molecule has 0 aromatic heterocycles. The summed E-state index contributed by atoms with van der Waals surface area (Å²) in [4.78, 5) is 37.3. The highest BCUT2D eigenvalue weighted by Crippen LogP contribution is 2.13. The topological polar surface area (TPSA) is 142 Å². The van der Waals surface area contributed by atoms with Gasteiger partial charge in [-0.25, -0.2) is 4.79 Å². The van der Waals surface area contributed by atoms with E-state index in [0.29, 0.717) is 18.4 Å². The molecule has 2 aromatic rings. The van der Waals surface area contributed by atoms with Crippen LogP contribution in [0.5, 0.6) is 5.75 Å². The second kappa shape index (κ2) is 11.9. The number of carboxylic acids is 1. The molecule has 0 radical (unpaired) electrons. The number of benzene rings is 2. The Morgan fingerprint density at radius 3 is 2.06 bits per heavy atom. The maximum absolute atomic E-state index is 12.9. The Morgan fingerprint density at radius 2 is 1.50 bits per heavy atom. The van der Waals surface area contributed by atoms with E-state index in [-0.39, 0.29) is 18.1 Å². The van der Waals surface area contributed by atoms with E-state index in [2.05, 4.69) is 10.6 Å². The lowest BCUT2D eigenvalue weighted by Crippen LogP contribution is -2.57. The molecule has 2 aromatic carbocycles. The Bertz CT molecular complexity index is 902. The molecule has 0 aliphatic rings. The fraction of sp³-hybridized carbons (Fsp3) is 0.375. The van der Waals surface area contributed by atoms with Crippen LogP contribution < -0.4 is 16.4 Å². The lowest BCUT2D eigenvalue weighted by Gasteiger charge is -2.26. The van der Waals surface area contributed by atoms with Gasteiger partial charge in [-0.3, -0.25) is 9.59 Å². The molecule has 0 bridgehead atoms. The SMILES string of the molecule is CCC(C)C(NC(=O)C(N)Cc1ccccc1)C(=O)NC(Cc1ccc(O)cc1)C(=O)O. The minimum absolute atomic E-state index is 0.0377. The number of aromatic hydroxyl groups is 1. The monoisotopic (exact) mass is 441 g/mol. The zero-order valence-corrected chi connectivity index (χ0v) is 18.3. The lowest BCUT2D eigenvalue weighted by molar-refractivity contribution is -0.142. The Labute approximate surface area is 187 Å². The number of phenolic OH excluding ortho intramolecular Hbond substituents is 1. The predicted octanol–water partition coefficient (Wildman–Crippen LogP) is 1.61. The summed E-state index contributed by atoms with van der Waals surface area (Å²) in [6, 6.07) is 12.5. The number of carboxylic acid groups (broad SMARTS) is 1. The van der Waals surface area contributed by atoms with Crippen LogP contribution in [-0.4, -0.2) is 46.1 Å². The summed E-state index contributed by atoms with van der Waals surface area (Å²) in [5, 5.41) is 24.2. The van der Waals surface area contributed by atoms with E-state index in [1.807, 2.05) is 44.2 Å². The molecule has 32 heavy (non-hydrogen) atoms. The molecule has 0 saturated carbocycles. The van der Waals surface area contributed by atoms with Gasteiger partial charge < -0.3 is 26.6 Å². The van der Waals surface area contributed by atoms with E-state index in [9.17, 15) is 24.6 Å². The Balaban J connectivity index is 2.07. The normalized spacial score (nSPS) is 14.6. The van der Waals surface area contributed by atoms with Crippen molar-refractivity contribution < 1.29 is 24.6 Å². The average Bonchev–Trinajstić information content (AvgIpc) is 2.78. The van der Waals surface area contributed by atoms with Gasteiger partial charge in [0.15, 0.2) is 0 Å².